The summed E-state index contributed by atoms with van der Waals surface area (Å²) in [7, 11) is 1.90. The van der Waals surface area contributed by atoms with Gasteiger partial charge in [-0.05, 0) is 54.2 Å². The number of rotatable bonds is 7. The number of hydrogen-bond acceptors (Lipinski definition) is 7. The van der Waals surface area contributed by atoms with Gasteiger partial charge >= 0.3 is 6.18 Å². The van der Waals surface area contributed by atoms with Crippen LogP contribution < -0.4 is 0 Å². The van der Waals surface area contributed by atoms with Gasteiger partial charge in [-0.25, -0.2) is 9.97 Å². The van der Waals surface area contributed by atoms with E-state index in [2.05, 4.69) is 70.2 Å². The van der Waals surface area contributed by atoms with Gasteiger partial charge in [0.1, 0.15) is 5.69 Å². The summed E-state index contributed by atoms with van der Waals surface area (Å²) in [6.45, 7) is 4.45. The molecule has 2 aliphatic rings. The Morgan fingerprint density at radius 3 is 2.61 bits per heavy atom. The summed E-state index contributed by atoms with van der Waals surface area (Å²) in [6, 6.07) is 4.27. The molecule has 3 aromatic rings. The van der Waals surface area contributed by atoms with Gasteiger partial charge in [0.25, 0.3) is 0 Å². The van der Waals surface area contributed by atoms with Crippen LogP contribution in [0.1, 0.15) is 29.9 Å². The first-order chi connectivity index (χ1) is 17.3. The number of thioether (sulfide) groups is 1. The lowest BCUT2D eigenvalue weighted by Gasteiger charge is -2.21. The Bertz CT molecular complexity index is 1140. The largest absolute Gasteiger partial charge is 0.440 e. The van der Waals surface area contributed by atoms with Gasteiger partial charge in [0.15, 0.2) is 17.3 Å². The maximum atomic E-state index is 13.0. The van der Waals surface area contributed by atoms with Crippen molar-refractivity contribution in [3.05, 3.63) is 41.7 Å². The predicted molar refractivity (Wildman–Crippen MR) is 152 cm³/mol. The van der Waals surface area contributed by atoms with E-state index in [1.54, 1.807) is 17.8 Å². The molecule has 1 aliphatic carbocycles. The lowest BCUT2D eigenvalue weighted by atomic mass is 10.0. The highest BCUT2D eigenvalue weighted by atomic mass is 127. The van der Waals surface area contributed by atoms with E-state index < -0.39 is 11.9 Å². The number of piperidine rings is 1. The second kappa shape index (κ2) is 12.7. The second-order valence-corrected chi connectivity index (χ2v) is 9.59. The van der Waals surface area contributed by atoms with E-state index in [0.717, 1.165) is 55.1 Å². The zero-order chi connectivity index (χ0) is 26.5. The maximum Gasteiger partial charge on any atom is 0.433 e. The van der Waals surface area contributed by atoms with Crippen molar-refractivity contribution in [1.29, 1.82) is 0 Å². The minimum atomic E-state index is -4.40. The molecule has 4 heterocycles. The molecule has 2 fully saturated rings. The van der Waals surface area contributed by atoms with Crippen molar-refractivity contribution in [1.82, 2.24) is 29.6 Å². The number of alkyl halides is 5. The number of halogens is 5. The summed E-state index contributed by atoms with van der Waals surface area (Å²) in [4.78, 5) is 14.3. The summed E-state index contributed by atoms with van der Waals surface area (Å²) in [6.07, 6.45) is -1.13. The van der Waals surface area contributed by atoms with Crippen LogP contribution in [0.2, 0.25) is 0 Å². The predicted octanol–water partition coefficient (Wildman–Crippen LogP) is 6.05. The van der Waals surface area contributed by atoms with E-state index in [0.29, 0.717) is 23.2 Å². The lowest BCUT2D eigenvalue weighted by molar-refractivity contribution is -0.141. The first kappa shape index (κ1) is 29.6. The molecule has 0 radical (unpaired) electrons. The van der Waals surface area contributed by atoms with Crippen LogP contribution in [0.4, 0.5) is 13.2 Å². The van der Waals surface area contributed by atoms with E-state index in [1.165, 1.54) is 12.5 Å². The highest BCUT2D eigenvalue weighted by molar-refractivity contribution is 14.1. The zero-order valence-corrected chi connectivity index (χ0v) is 25.7. The number of likely N-dealkylation sites (tertiary alicyclic amines) is 1. The average Bonchev–Trinajstić information content (AvgIpc) is 3.15. The van der Waals surface area contributed by atoms with Gasteiger partial charge in [0.05, 0.1) is 5.69 Å². The molecular weight excluding hydrogens is 719 g/mol. The second-order valence-electron chi connectivity index (χ2n) is 8.53. The van der Waals surface area contributed by atoms with Crippen molar-refractivity contribution in [3.8, 4) is 11.6 Å². The third kappa shape index (κ3) is 6.37. The smallest absolute Gasteiger partial charge is 0.433 e. The summed E-state index contributed by atoms with van der Waals surface area (Å²) in [5, 5.41) is 9.28. The molecule has 7 nitrogen and oxygen atoms in total. The molecule has 0 spiro atoms. The molecule has 0 aromatic carbocycles. The highest BCUT2D eigenvalue weighted by Crippen LogP contribution is 2.58. The number of hydrogen-bond donors (Lipinski definition) is 0. The van der Waals surface area contributed by atoms with Gasteiger partial charge in [-0.3, -0.25) is 0 Å². The van der Waals surface area contributed by atoms with Crippen LogP contribution in [0.3, 0.4) is 0 Å². The van der Waals surface area contributed by atoms with Gasteiger partial charge in [-0.2, -0.15) is 13.2 Å². The molecule has 0 unspecified atom stereocenters. The van der Waals surface area contributed by atoms with Crippen molar-refractivity contribution >= 4 is 56.9 Å². The highest BCUT2D eigenvalue weighted by Gasteiger charge is 2.61. The van der Waals surface area contributed by atoms with Crippen molar-refractivity contribution in [3.63, 3.8) is 0 Å². The van der Waals surface area contributed by atoms with Crippen LogP contribution in [-0.2, 0) is 18.6 Å². The van der Waals surface area contributed by atoms with E-state index >= 15 is 0 Å². The summed E-state index contributed by atoms with van der Waals surface area (Å²) in [5.74, 6) is 2.55. The van der Waals surface area contributed by atoms with Gasteiger partial charge in [-0.1, -0.05) is 63.0 Å². The Kier molecular flexibility index (Phi) is 10.5. The summed E-state index contributed by atoms with van der Waals surface area (Å²) in [5.41, 5.74) is 0.354. The first-order valence-electron chi connectivity index (χ1n) is 11.2. The van der Waals surface area contributed by atoms with Crippen molar-refractivity contribution in [2.75, 3.05) is 35.2 Å². The van der Waals surface area contributed by atoms with Crippen LogP contribution >= 0.6 is 56.9 Å². The third-order valence-corrected chi connectivity index (χ3v) is 7.51. The fourth-order valence-corrected chi connectivity index (χ4v) is 5.47. The molecule has 1 saturated heterocycles. The van der Waals surface area contributed by atoms with Crippen LogP contribution in [-0.4, -0.2) is 64.9 Å². The molecule has 13 heteroatoms. The van der Waals surface area contributed by atoms with E-state index in [4.69, 9.17) is 4.42 Å². The van der Waals surface area contributed by atoms with Crippen LogP contribution in [0.25, 0.3) is 11.6 Å². The Hall–Kier alpha value is -0.940. The molecule has 0 amide bonds. The number of pyridine rings is 1. The van der Waals surface area contributed by atoms with Gasteiger partial charge < -0.3 is 13.9 Å². The third-order valence-electron chi connectivity index (χ3n) is 6.40. The molecule has 1 aliphatic heterocycles. The molecule has 0 bridgehead atoms. The van der Waals surface area contributed by atoms with Crippen LogP contribution in [0.5, 0.6) is 0 Å². The van der Waals surface area contributed by atoms with Crippen molar-refractivity contribution in [2.45, 2.75) is 36.5 Å². The summed E-state index contributed by atoms with van der Waals surface area (Å²) < 4.78 is 46.5. The van der Waals surface area contributed by atoms with Gasteiger partial charge in [0, 0.05) is 37.0 Å². The van der Waals surface area contributed by atoms with E-state index in [9.17, 15) is 13.2 Å². The Morgan fingerprint density at radius 2 is 1.94 bits per heavy atom. The standard InChI is InChI=1S/C21H23F3N6OS.2CH3I/c1-13-17(31-12-25-13)18-27-28-19(29(18)2)32-8-4-7-30-10-14-9-20(14,11-30)15-5-3-6-16(26-15)21(22,23)24;2*1-2/h3,5-6,12,14H,4,7-11H2,1-2H3;2*1H3/t14-,20-;;/m1../s1. The molecule has 5 rings (SSSR count). The van der Waals surface area contributed by atoms with Crippen LogP contribution in [0, 0.1) is 12.8 Å². The van der Waals surface area contributed by atoms with Crippen LogP contribution in [0.15, 0.2) is 34.2 Å². The van der Waals surface area contributed by atoms with Gasteiger partial charge in [0.2, 0.25) is 5.82 Å². The topological polar surface area (TPSA) is 72.9 Å². The summed E-state index contributed by atoms with van der Waals surface area (Å²) >= 11 is 5.93. The fraction of sp³-hybridized carbons (Fsp3) is 0.565. The molecule has 3 aromatic heterocycles. The van der Waals surface area contributed by atoms with Crippen molar-refractivity contribution in [2.24, 2.45) is 13.0 Å². The number of fused-ring (bicyclic) bond motifs is 1. The van der Waals surface area contributed by atoms with E-state index in [1.807, 2.05) is 28.4 Å². The number of oxazole rings is 1. The monoisotopic (exact) mass is 748 g/mol. The molecule has 36 heavy (non-hydrogen) atoms. The Labute approximate surface area is 240 Å². The SMILES string of the molecule is CI.CI.Cc1ncoc1-c1nnc(SCCCN2C[C@H]3C[C@@]3(c3cccc(C(F)(F)F)n3)C2)n1C. The van der Waals surface area contributed by atoms with Gasteiger partial charge in [-0.15, -0.1) is 10.2 Å². The molecule has 198 valence electrons. The normalized spacial score (nSPS) is 20.8. The molecular formula is C23H29F3I2N6OS. The minimum Gasteiger partial charge on any atom is -0.440 e. The van der Waals surface area contributed by atoms with E-state index in [-0.39, 0.29) is 5.41 Å². The number of nitrogens with zero attached hydrogens (tertiary/aromatic N) is 6. The number of aryl methyl sites for hydroxylation is 1. The first-order valence-corrected chi connectivity index (χ1v) is 16.5. The zero-order valence-electron chi connectivity index (χ0n) is 20.5. The fourth-order valence-electron chi connectivity index (χ4n) is 4.63. The average molecular weight is 748 g/mol. The molecule has 1 saturated carbocycles. The molecule has 2 atom stereocenters. The Balaban J connectivity index is 0.000000861. The minimum absolute atomic E-state index is 0.207. The quantitative estimate of drug-likeness (QED) is 0.126. The maximum absolute atomic E-state index is 13.0. The van der Waals surface area contributed by atoms with Crippen molar-refractivity contribution < 1.29 is 17.6 Å². The lowest BCUT2D eigenvalue weighted by Crippen LogP contribution is -2.28. The number of aromatic nitrogens is 5. The Morgan fingerprint density at radius 1 is 1.19 bits per heavy atom. The molecule has 0 N–H and O–H groups in total.